The lowest BCUT2D eigenvalue weighted by molar-refractivity contribution is 0.102. The van der Waals surface area contributed by atoms with Gasteiger partial charge in [-0.05, 0) is 37.3 Å². The van der Waals surface area contributed by atoms with Crippen LogP contribution in [0.4, 0.5) is 10.1 Å². The maximum Gasteiger partial charge on any atom is 0.259 e. The number of hydrogen-bond acceptors (Lipinski definition) is 6. The molecule has 0 saturated carbocycles. The summed E-state index contributed by atoms with van der Waals surface area (Å²) in [5.41, 5.74) is 1.84. The summed E-state index contributed by atoms with van der Waals surface area (Å²) in [7, 11) is 3.03. The van der Waals surface area contributed by atoms with Crippen LogP contribution in [-0.2, 0) is 0 Å². The Morgan fingerprint density at radius 3 is 2.63 bits per heavy atom. The molecule has 0 aliphatic carbocycles. The molecule has 2 aromatic carbocycles. The molecule has 0 atom stereocenters. The van der Waals surface area contributed by atoms with E-state index < -0.39 is 11.7 Å². The van der Waals surface area contributed by atoms with Gasteiger partial charge >= 0.3 is 0 Å². The second-order valence-corrected chi connectivity index (χ2v) is 6.50. The Kier molecular flexibility index (Phi) is 5.05. The van der Waals surface area contributed by atoms with E-state index in [2.05, 4.69) is 15.5 Å². The molecule has 0 saturated heterocycles. The molecule has 0 aliphatic heterocycles. The lowest BCUT2D eigenvalue weighted by atomic mass is 10.0. The molecule has 30 heavy (non-hydrogen) atoms. The molecule has 0 fully saturated rings. The number of hydrogen-bond donors (Lipinski definition) is 1. The van der Waals surface area contributed by atoms with Crippen LogP contribution < -0.4 is 14.8 Å². The third kappa shape index (κ3) is 3.43. The van der Waals surface area contributed by atoms with E-state index >= 15 is 0 Å². The van der Waals surface area contributed by atoms with E-state index in [0.717, 1.165) is 0 Å². The second-order valence-electron chi connectivity index (χ2n) is 6.50. The number of nitrogens with zero attached hydrogens (tertiary/aromatic N) is 2. The lowest BCUT2D eigenvalue weighted by Crippen LogP contribution is -2.14. The van der Waals surface area contributed by atoms with Gasteiger partial charge in [-0.25, -0.2) is 9.37 Å². The van der Waals surface area contributed by atoms with E-state index in [0.29, 0.717) is 28.3 Å². The standard InChI is InChI=1S/C22H18FN3O4/c1-12-20-15(21(27)24-18-10-13(28-2)8-9-19(18)29-3)11-17(25-22(20)30-26-12)14-6-4-5-7-16(14)23/h4-11H,1-3H3,(H,24,27). The molecule has 8 heteroatoms. The van der Waals surface area contributed by atoms with Gasteiger partial charge in [0, 0.05) is 11.6 Å². The van der Waals surface area contributed by atoms with Gasteiger partial charge in [0.15, 0.2) is 0 Å². The Labute approximate surface area is 171 Å². The number of halogens is 1. The molecule has 0 unspecified atom stereocenters. The van der Waals surface area contributed by atoms with Gasteiger partial charge < -0.3 is 19.3 Å². The van der Waals surface area contributed by atoms with Crippen molar-refractivity contribution < 1.29 is 23.2 Å². The lowest BCUT2D eigenvalue weighted by Gasteiger charge is -2.13. The number of methoxy groups -OCH3 is 2. The zero-order chi connectivity index (χ0) is 21.3. The van der Waals surface area contributed by atoms with E-state index in [1.807, 2.05) is 0 Å². The smallest absolute Gasteiger partial charge is 0.259 e. The molecule has 2 aromatic heterocycles. The fourth-order valence-corrected chi connectivity index (χ4v) is 3.18. The highest BCUT2D eigenvalue weighted by Crippen LogP contribution is 2.32. The molecule has 152 valence electrons. The largest absolute Gasteiger partial charge is 0.497 e. The number of pyridine rings is 1. The Morgan fingerprint density at radius 2 is 1.90 bits per heavy atom. The number of nitrogens with one attached hydrogen (secondary N) is 1. The van der Waals surface area contributed by atoms with Crippen LogP contribution in [0.5, 0.6) is 11.5 Å². The minimum atomic E-state index is -0.457. The van der Waals surface area contributed by atoms with Gasteiger partial charge in [-0.15, -0.1) is 0 Å². The minimum absolute atomic E-state index is 0.149. The van der Waals surface area contributed by atoms with Crippen molar-refractivity contribution in [2.75, 3.05) is 19.5 Å². The highest BCUT2D eigenvalue weighted by molar-refractivity contribution is 6.13. The van der Waals surface area contributed by atoms with E-state index in [4.69, 9.17) is 14.0 Å². The maximum atomic E-state index is 14.3. The van der Waals surface area contributed by atoms with Crippen molar-refractivity contribution in [1.82, 2.24) is 10.1 Å². The van der Waals surface area contributed by atoms with Gasteiger partial charge in [0.05, 0.1) is 42.2 Å². The first-order valence-corrected chi connectivity index (χ1v) is 9.07. The van der Waals surface area contributed by atoms with Crippen LogP contribution >= 0.6 is 0 Å². The second kappa shape index (κ2) is 7.82. The predicted octanol–water partition coefficient (Wildman–Crippen LogP) is 4.61. The maximum absolute atomic E-state index is 14.3. The van der Waals surface area contributed by atoms with Gasteiger partial charge in [-0.1, -0.05) is 17.3 Å². The number of benzene rings is 2. The summed E-state index contributed by atoms with van der Waals surface area (Å²) in [6.45, 7) is 1.71. The Hall–Kier alpha value is -3.94. The van der Waals surface area contributed by atoms with Crippen LogP contribution in [0.25, 0.3) is 22.4 Å². The SMILES string of the molecule is COc1ccc(OC)c(NC(=O)c2cc(-c3ccccc3F)nc3onc(C)c23)c1. The van der Waals surface area contributed by atoms with Crippen molar-refractivity contribution >= 4 is 22.7 Å². The summed E-state index contributed by atoms with van der Waals surface area (Å²) in [4.78, 5) is 17.6. The molecule has 0 radical (unpaired) electrons. The highest BCUT2D eigenvalue weighted by Gasteiger charge is 2.21. The monoisotopic (exact) mass is 407 g/mol. The molecule has 0 aliphatic rings. The fraction of sp³-hybridized carbons (Fsp3) is 0.136. The third-order valence-electron chi connectivity index (χ3n) is 4.67. The summed E-state index contributed by atoms with van der Waals surface area (Å²) in [6.07, 6.45) is 0. The first kappa shape index (κ1) is 19.4. The molecular weight excluding hydrogens is 389 g/mol. The number of carbonyl (C=O) groups is 1. The van der Waals surface area contributed by atoms with Crippen LogP contribution in [0.3, 0.4) is 0 Å². The quantitative estimate of drug-likeness (QED) is 0.520. The normalized spacial score (nSPS) is 10.8. The van der Waals surface area contributed by atoms with Crippen molar-refractivity contribution in [1.29, 1.82) is 0 Å². The first-order valence-electron chi connectivity index (χ1n) is 9.07. The number of rotatable bonds is 5. The third-order valence-corrected chi connectivity index (χ3v) is 4.67. The molecule has 0 spiro atoms. The topological polar surface area (TPSA) is 86.5 Å². The number of fused-ring (bicyclic) bond motifs is 1. The fourth-order valence-electron chi connectivity index (χ4n) is 3.18. The van der Waals surface area contributed by atoms with Crippen molar-refractivity contribution in [2.45, 2.75) is 6.92 Å². The zero-order valence-corrected chi connectivity index (χ0v) is 16.5. The number of aromatic nitrogens is 2. The Morgan fingerprint density at radius 1 is 1.10 bits per heavy atom. The Bertz CT molecular complexity index is 1250. The molecular formula is C22H18FN3O4. The van der Waals surface area contributed by atoms with Crippen molar-refractivity contribution in [3.63, 3.8) is 0 Å². The highest BCUT2D eigenvalue weighted by atomic mass is 19.1. The van der Waals surface area contributed by atoms with Crippen LogP contribution in [0.1, 0.15) is 16.1 Å². The van der Waals surface area contributed by atoms with Crippen molar-refractivity contribution in [2.24, 2.45) is 0 Å². The summed E-state index contributed by atoms with van der Waals surface area (Å²) >= 11 is 0. The van der Waals surface area contributed by atoms with Crippen LogP contribution in [0, 0.1) is 12.7 Å². The van der Waals surface area contributed by atoms with Crippen molar-refractivity contribution in [3.8, 4) is 22.8 Å². The van der Waals surface area contributed by atoms with Gasteiger partial charge in [0.25, 0.3) is 11.6 Å². The first-order chi connectivity index (χ1) is 14.5. The number of ether oxygens (including phenoxy) is 2. The van der Waals surface area contributed by atoms with Gasteiger partial charge in [0.1, 0.15) is 17.3 Å². The van der Waals surface area contributed by atoms with Crippen LogP contribution in [-0.4, -0.2) is 30.3 Å². The molecule has 0 bridgehead atoms. The van der Waals surface area contributed by atoms with Crippen LogP contribution in [0.2, 0.25) is 0 Å². The van der Waals surface area contributed by atoms with E-state index in [9.17, 15) is 9.18 Å². The summed E-state index contributed by atoms with van der Waals surface area (Å²) < 4.78 is 30.1. The van der Waals surface area contributed by atoms with E-state index in [-0.39, 0.29) is 22.5 Å². The van der Waals surface area contributed by atoms with E-state index in [1.54, 1.807) is 43.3 Å². The van der Waals surface area contributed by atoms with Gasteiger partial charge in [-0.3, -0.25) is 4.79 Å². The Balaban J connectivity index is 1.83. The number of anilines is 1. The number of amides is 1. The average molecular weight is 407 g/mol. The molecule has 4 aromatic rings. The molecule has 1 N–H and O–H groups in total. The van der Waals surface area contributed by atoms with Crippen LogP contribution in [0.15, 0.2) is 53.1 Å². The zero-order valence-electron chi connectivity index (χ0n) is 16.5. The number of carbonyl (C=O) groups excluding carboxylic acids is 1. The van der Waals surface area contributed by atoms with Gasteiger partial charge in [0.2, 0.25) is 0 Å². The molecule has 7 nitrogen and oxygen atoms in total. The summed E-state index contributed by atoms with van der Waals surface area (Å²) in [6, 6.07) is 12.8. The summed E-state index contributed by atoms with van der Waals surface area (Å²) in [5.74, 6) is 0.115. The van der Waals surface area contributed by atoms with Gasteiger partial charge in [-0.2, -0.15) is 0 Å². The molecule has 1 amide bonds. The average Bonchev–Trinajstić information content (AvgIpc) is 3.14. The number of aryl methyl sites for hydroxylation is 1. The molecule has 4 rings (SSSR count). The van der Waals surface area contributed by atoms with Crippen molar-refractivity contribution in [3.05, 3.63) is 65.6 Å². The summed E-state index contributed by atoms with van der Waals surface area (Å²) in [5, 5.41) is 7.18. The van der Waals surface area contributed by atoms with E-state index in [1.165, 1.54) is 26.4 Å². The predicted molar refractivity (Wildman–Crippen MR) is 109 cm³/mol. The molecule has 2 heterocycles. The minimum Gasteiger partial charge on any atom is -0.497 e.